The van der Waals surface area contributed by atoms with Crippen LogP contribution in [0.5, 0.6) is 0 Å². The minimum Gasteiger partial charge on any atom is -0.379 e. The van der Waals surface area contributed by atoms with Crippen LogP contribution in [-0.2, 0) is 4.74 Å². The second-order valence-corrected chi connectivity index (χ2v) is 6.16. The van der Waals surface area contributed by atoms with E-state index >= 15 is 0 Å². The maximum absolute atomic E-state index is 5.53. The zero-order valence-corrected chi connectivity index (χ0v) is 13.0. The number of nitrogens with one attached hydrogen (secondary N) is 1. The molecule has 3 heteroatoms. The molecule has 1 heterocycles. The molecule has 0 aromatic heterocycles. The lowest BCUT2D eigenvalue weighted by atomic mass is 9.95. The third-order valence-corrected chi connectivity index (χ3v) is 4.32. The summed E-state index contributed by atoms with van der Waals surface area (Å²) >= 11 is 0. The zero-order valence-electron chi connectivity index (χ0n) is 13.0. The van der Waals surface area contributed by atoms with Crippen LogP contribution in [0.2, 0.25) is 0 Å². The van der Waals surface area contributed by atoms with E-state index in [2.05, 4.69) is 37.9 Å². The standard InChI is InChI=1S/C15H32N2O/c1-6-16-13(2)14-9-7-8-11-17(14)12-10-15(3,4)18-5/h13-14,16H,6-12H2,1-5H3. The summed E-state index contributed by atoms with van der Waals surface area (Å²) in [6.45, 7) is 12.3. The van der Waals surface area contributed by atoms with Gasteiger partial charge in [0.2, 0.25) is 0 Å². The monoisotopic (exact) mass is 256 g/mol. The lowest BCUT2D eigenvalue weighted by Gasteiger charge is -2.40. The average molecular weight is 256 g/mol. The van der Waals surface area contributed by atoms with E-state index in [1.54, 1.807) is 0 Å². The molecule has 1 N–H and O–H groups in total. The summed E-state index contributed by atoms with van der Waals surface area (Å²) in [6.07, 6.45) is 5.17. The van der Waals surface area contributed by atoms with Gasteiger partial charge in [0.15, 0.2) is 0 Å². The van der Waals surface area contributed by atoms with Gasteiger partial charge in [-0.2, -0.15) is 0 Å². The van der Waals surface area contributed by atoms with Crippen molar-refractivity contribution in [2.24, 2.45) is 0 Å². The van der Waals surface area contributed by atoms with Crippen molar-refractivity contribution < 1.29 is 4.74 Å². The van der Waals surface area contributed by atoms with E-state index in [1.165, 1.54) is 25.8 Å². The summed E-state index contributed by atoms with van der Waals surface area (Å²) < 4.78 is 5.53. The lowest BCUT2D eigenvalue weighted by molar-refractivity contribution is -0.00122. The Labute approximate surface area is 113 Å². The van der Waals surface area contributed by atoms with Crippen LogP contribution in [0.25, 0.3) is 0 Å². The molecule has 3 nitrogen and oxygen atoms in total. The Hall–Kier alpha value is -0.120. The Kier molecular flexibility index (Phi) is 6.61. The van der Waals surface area contributed by atoms with Crippen LogP contribution in [-0.4, -0.2) is 49.3 Å². The van der Waals surface area contributed by atoms with E-state index < -0.39 is 0 Å². The molecule has 1 fully saturated rings. The number of rotatable bonds is 7. The molecule has 18 heavy (non-hydrogen) atoms. The van der Waals surface area contributed by atoms with Gasteiger partial charge in [0.25, 0.3) is 0 Å². The fourth-order valence-corrected chi connectivity index (χ4v) is 2.83. The number of ether oxygens (including phenoxy) is 1. The maximum atomic E-state index is 5.53. The predicted molar refractivity (Wildman–Crippen MR) is 78.1 cm³/mol. The van der Waals surface area contributed by atoms with Gasteiger partial charge < -0.3 is 10.1 Å². The topological polar surface area (TPSA) is 24.5 Å². The molecule has 2 unspecified atom stereocenters. The molecule has 0 aromatic rings. The highest BCUT2D eigenvalue weighted by Crippen LogP contribution is 2.22. The molecule has 1 rings (SSSR count). The van der Waals surface area contributed by atoms with Gasteiger partial charge >= 0.3 is 0 Å². The number of methoxy groups -OCH3 is 1. The van der Waals surface area contributed by atoms with Crippen LogP contribution in [0.3, 0.4) is 0 Å². The average Bonchev–Trinajstić information content (AvgIpc) is 2.37. The smallest absolute Gasteiger partial charge is 0.0634 e. The van der Waals surface area contributed by atoms with Crippen molar-refractivity contribution >= 4 is 0 Å². The fourth-order valence-electron chi connectivity index (χ4n) is 2.83. The number of piperidine rings is 1. The molecular formula is C15H32N2O. The van der Waals surface area contributed by atoms with Crippen LogP contribution in [0, 0.1) is 0 Å². The van der Waals surface area contributed by atoms with E-state index in [0.717, 1.165) is 19.5 Å². The SMILES string of the molecule is CCNC(C)C1CCCCN1CCC(C)(C)OC. The molecule has 0 amide bonds. The van der Waals surface area contributed by atoms with Crippen LogP contribution in [0.1, 0.15) is 53.4 Å². The van der Waals surface area contributed by atoms with Gasteiger partial charge in [0, 0.05) is 25.7 Å². The molecule has 1 saturated heterocycles. The number of nitrogens with zero attached hydrogens (tertiary/aromatic N) is 1. The van der Waals surface area contributed by atoms with Crippen LogP contribution in [0.4, 0.5) is 0 Å². The first-order valence-electron chi connectivity index (χ1n) is 7.52. The first-order chi connectivity index (χ1) is 8.50. The van der Waals surface area contributed by atoms with Crippen molar-refractivity contribution in [1.82, 2.24) is 10.2 Å². The Morgan fingerprint density at radius 2 is 2.11 bits per heavy atom. The summed E-state index contributed by atoms with van der Waals surface area (Å²) in [4.78, 5) is 2.66. The van der Waals surface area contributed by atoms with Crippen molar-refractivity contribution in [3.8, 4) is 0 Å². The van der Waals surface area contributed by atoms with Gasteiger partial charge in [-0.3, -0.25) is 4.90 Å². The third-order valence-electron chi connectivity index (χ3n) is 4.32. The Morgan fingerprint density at radius 3 is 2.72 bits per heavy atom. The van der Waals surface area contributed by atoms with Crippen molar-refractivity contribution in [3.63, 3.8) is 0 Å². The van der Waals surface area contributed by atoms with Crippen molar-refractivity contribution in [3.05, 3.63) is 0 Å². The normalized spacial score (nSPS) is 24.2. The van der Waals surface area contributed by atoms with E-state index in [4.69, 9.17) is 4.74 Å². The quantitative estimate of drug-likeness (QED) is 0.758. The molecular weight excluding hydrogens is 224 g/mol. The van der Waals surface area contributed by atoms with E-state index in [1.807, 2.05) is 7.11 Å². The van der Waals surface area contributed by atoms with Gasteiger partial charge in [-0.05, 0) is 53.1 Å². The van der Waals surface area contributed by atoms with Crippen LogP contribution in [0.15, 0.2) is 0 Å². The lowest BCUT2D eigenvalue weighted by Crippen LogP contribution is -2.52. The maximum Gasteiger partial charge on any atom is 0.0634 e. The highest BCUT2D eigenvalue weighted by Gasteiger charge is 2.28. The molecule has 0 bridgehead atoms. The Bertz CT molecular complexity index is 231. The first-order valence-corrected chi connectivity index (χ1v) is 7.52. The number of likely N-dealkylation sites (tertiary alicyclic amines) is 1. The van der Waals surface area contributed by atoms with Gasteiger partial charge in [-0.15, -0.1) is 0 Å². The molecule has 1 aliphatic heterocycles. The van der Waals surface area contributed by atoms with Crippen molar-refractivity contribution in [1.29, 1.82) is 0 Å². The highest BCUT2D eigenvalue weighted by atomic mass is 16.5. The summed E-state index contributed by atoms with van der Waals surface area (Å²) in [6, 6.07) is 1.30. The van der Waals surface area contributed by atoms with Crippen molar-refractivity contribution in [2.75, 3.05) is 26.7 Å². The second-order valence-electron chi connectivity index (χ2n) is 6.16. The molecule has 0 radical (unpaired) electrons. The van der Waals surface area contributed by atoms with Crippen LogP contribution < -0.4 is 5.32 Å². The van der Waals surface area contributed by atoms with Gasteiger partial charge in [0.05, 0.1) is 5.60 Å². The summed E-state index contributed by atoms with van der Waals surface area (Å²) in [5.74, 6) is 0. The van der Waals surface area contributed by atoms with Crippen molar-refractivity contribution in [2.45, 2.75) is 71.1 Å². The summed E-state index contributed by atoms with van der Waals surface area (Å²) in [7, 11) is 1.81. The Balaban J connectivity index is 2.49. The number of hydrogen-bond donors (Lipinski definition) is 1. The largest absolute Gasteiger partial charge is 0.379 e. The minimum atomic E-state index is 0.00339. The number of likely N-dealkylation sites (N-methyl/N-ethyl adjacent to an activating group) is 1. The van der Waals surface area contributed by atoms with Gasteiger partial charge in [0.1, 0.15) is 0 Å². The Morgan fingerprint density at radius 1 is 1.39 bits per heavy atom. The fraction of sp³-hybridized carbons (Fsp3) is 1.00. The summed E-state index contributed by atoms with van der Waals surface area (Å²) in [5.41, 5.74) is 0.00339. The molecule has 0 aliphatic carbocycles. The first kappa shape index (κ1) is 15.9. The summed E-state index contributed by atoms with van der Waals surface area (Å²) in [5, 5.41) is 3.58. The molecule has 2 atom stereocenters. The molecule has 0 aromatic carbocycles. The molecule has 108 valence electrons. The molecule has 0 saturated carbocycles. The van der Waals surface area contributed by atoms with E-state index in [-0.39, 0.29) is 5.60 Å². The predicted octanol–water partition coefficient (Wildman–Crippen LogP) is 2.65. The zero-order chi connectivity index (χ0) is 13.6. The molecule has 0 spiro atoms. The van der Waals surface area contributed by atoms with Crippen LogP contribution >= 0.6 is 0 Å². The van der Waals surface area contributed by atoms with Gasteiger partial charge in [-0.1, -0.05) is 13.3 Å². The minimum absolute atomic E-state index is 0.00339. The van der Waals surface area contributed by atoms with Gasteiger partial charge in [-0.25, -0.2) is 0 Å². The van der Waals surface area contributed by atoms with E-state index in [9.17, 15) is 0 Å². The third kappa shape index (κ3) is 4.87. The second kappa shape index (κ2) is 7.46. The number of hydrogen-bond acceptors (Lipinski definition) is 3. The highest BCUT2D eigenvalue weighted by molar-refractivity contribution is 4.86. The molecule has 1 aliphatic rings. The van der Waals surface area contributed by atoms with E-state index in [0.29, 0.717) is 12.1 Å².